The van der Waals surface area contributed by atoms with Crippen LogP contribution in [0, 0.1) is 6.92 Å². The van der Waals surface area contributed by atoms with Crippen molar-refractivity contribution in [3.8, 4) is 0 Å². The molecular formula is C23H23N3O2S. The monoisotopic (exact) mass is 405 g/mol. The summed E-state index contributed by atoms with van der Waals surface area (Å²) < 4.78 is 1.21. The summed E-state index contributed by atoms with van der Waals surface area (Å²) in [4.78, 5) is 34.4. The fourth-order valence-corrected chi connectivity index (χ4v) is 5.62. The number of benzene rings is 2. The van der Waals surface area contributed by atoms with Gasteiger partial charge in [-0.25, -0.2) is 9.88 Å². The van der Waals surface area contributed by atoms with Gasteiger partial charge in [0.25, 0.3) is 5.91 Å². The zero-order chi connectivity index (χ0) is 20.0. The van der Waals surface area contributed by atoms with Crippen molar-refractivity contribution in [1.82, 2.24) is 9.88 Å². The average Bonchev–Trinajstić information content (AvgIpc) is 3.30. The first kappa shape index (κ1) is 18.5. The number of para-hydroxylation sites is 2. The molecule has 0 unspecified atom stereocenters. The Labute approximate surface area is 174 Å². The van der Waals surface area contributed by atoms with Crippen molar-refractivity contribution in [2.24, 2.45) is 0 Å². The maximum atomic E-state index is 13.2. The molecule has 0 aliphatic carbocycles. The summed E-state index contributed by atoms with van der Waals surface area (Å²) in [6.07, 6.45) is 2.36. The summed E-state index contributed by atoms with van der Waals surface area (Å²) in [5, 5.41) is 1.14. The number of carbonyl (C=O) groups is 2. The highest BCUT2D eigenvalue weighted by molar-refractivity contribution is 7.18. The molecule has 0 spiro atoms. The molecule has 5 rings (SSSR count). The van der Waals surface area contributed by atoms with Crippen LogP contribution in [0.25, 0.3) is 10.2 Å². The Morgan fingerprint density at radius 3 is 2.69 bits per heavy atom. The van der Waals surface area contributed by atoms with E-state index < -0.39 is 0 Å². The molecule has 3 heterocycles. The van der Waals surface area contributed by atoms with Crippen molar-refractivity contribution in [2.45, 2.75) is 38.1 Å². The Kier molecular flexibility index (Phi) is 4.68. The number of likely N-dealkylation sites (tertiary alicyclic amines) is 1. The van der Waals surface area contributed by atoms with E-state index in [9.17, 15) is 9.59 Å². The molecule has 6 heteroatoms. The molecule has 2 aliphatic rings. The van der Waals surface area contributed by atoms with Crippen LogP contribution in [0.1, 0.15) is 35.8 Å². The molecule has 2 atom stereocenters. The number of aromatic nitrogens is 1. The van der Waals surface area contributed by atoms with E-state index in [1.54, 1.807) is 11.3 Å². The van der Waals surface area contributed by atoms with E-state index in [1.165, 1.54) is 9.60 Å². The van der Waals surface area contributed by atoms with E-state index in [2.05, 4.69) is 17.0 Å². The molecule has 0 bridgehead atoms. The Morgan fingerprint density at radius 1 is 1.07 bits per heavy atom. The highest BCUT2D eigenvalue weighted by Crippen LogP contribution is 2.35. The molecule has 29 heavy (non-hydrogen) atoms. The highest BCUT2D eigenvalue weighted by atomic mass is 32.1. The van der Waals surface area contributed by atoms with Crippen LogP contribution >= 0.6 is 11.3 Å². The number of amides is 2. The van der Waals surface area contributed by atoms with Crippen LogP contribution in [-0.4, -0.2) is 40.8 Å². The first-order chi connectivity index (χ1) is 14.1. The molecule has 2 aliphatic heterocycles. The quantitative estimate of drug-likeness (QED) is 0.615. The van der Waals surface area contributed by atoms with Gasteiger partial charge in [-0.05, 0) is 50.1 Å². The molecular weight excluding hydrogens is 382 g/mol. The van der Waals surface area contributed by atoms with Gasteiger partial charge in [0.05, 0.1) is 33.4 Å². The lowest BCUT2D eigenvalue weighted by atomic mass is 9.97. The largest absolute Gasteiger partial charge is 0.291 e. The Bertz CT molecular complexity index is 1060. The van der Waals surface area contributed by atoms with E-state index in [1.807, 2.05) is 43.3 Å². The topological polar surface area (TPSA) is 53.5 Å². The SMILES string of the molecule is Cc1ccccc1N1C(=O)C[C@H](N2CCC[C@H](c3nc4ccccc4s3)C2)C1=O. The zero-order valence-electron chi connectivity index (χ0n) is 16.4. The number of imide groups is 1. The van der Waals surface area contributed by atoms with Crippen LogP contribution in [0.3, 0.4) is 0 Å². The number of thiazole rings is 1. The minimum atomic E-state index is -0.362. The average molecular weight is 406 g/mol. The number of piperidine rings is 1. The first-order valence-electron chi connectivity index (χ1n) is 10.1. The molecule has 0 N–H and O–H groups in total. The van der Waals surface area contributed by atoms with E-state index in [0.29, 0.717) is 11.6 Å². The van der Waals surface area contributed by atoms with E-state index in [4.69, 9.17) is 4.98 Å². The van der Waals surface area contributed by atoms with E-state index in [0.717, 1.165) is 42.0 Å². The third-order valence-corrected chi connectivity index (χ3v) is 7.23. The number of hydrogen-bond acceptors (Lipinski definition) is 5. The first-order valence-corrected chi connectivity index (χ1v) is 11.0. The normalized spacial score (nSPS) is 23.3. The van der Waals surface area contributed by atoms with Gasteiger partial charge < -0.3 is 0 Å². The predicted octanol–water partition coefficient (Wildman–Crippen LogP) is 4.12. The van der Waals surface area contributed by atoms with Crippen LogP contribution < -0.4 is 4.90 Å². The van der Waals surface area contributed by atoms with Gasteiger partial charge in [0.1, 0.15) is 0 Å². The van der Waals surface area contributed by atoms with Gasteiger partial charge in [-0.2, -0.15) is 0 Å². The summed E-state index contributed by atoms with van der Waals surface area (Å²) >= 11 is 1.75. The maximum absolute atomic E-state index is 13.2. The second-order valence-electron chi connectivity index (χ2n) is 7.93. The highest BCUT2D eigenvalue weighted by Gasteiger charge is 2.44. The van der Waals surface area contributed by atoms with Crippen molar-refractivity contribution < 1.29 is 9.59 Å². The number of nitrogens with zero attached hydrogens (tertiary/aromatic N) is 3. The summed E-state index contributed by atoms with van der Waals surface area (Å²) in [6, 6.07) is 15.4. The summed E-state index contributed by atoms with van der Waals surface area (Å²) in [5.74, 6) is 0.127. The van der Waals surface area contributed by atoms with Crippen LogP contribution in [0.15, 0.2) is 48.5 Å². The van der Waals surface area contributed by atoms with Crippen LogP contribution in [0.5, 0.6) is 0 Å². The van der Waals surface area contributed by atoms with Crippen molar-refractivity contribution in [3.05, 3.63) is 59.1 Å². The van der Waals surface area contributed by atoms with Crippen molar-refractivity contribution in [1.29, 1.82) is 0 Å². The van der Waals surface area contributed by atoms with E-state index in [-0.39, 0.29) is 24.3 Å². The minimum Gasteiger partial charge on any atom is -0.291 e. The molecule has 2 fully saturated rings. The third kappa shape index (κ3) is 3.26. The van der Waals surface area contributed by atoms with Crippen molar-refractivity contribution in [2.75, 3.05) is 18.0 Å². The fourth-order valence-electron chi connectivity index (χ4n) is 4.52. The van der Waals surface area contributed by atoms with Gasteiger partial charge in [0.15, 0.2) is 0 Å². The molecule has 1 aromatic heterocycles. The fraction of sp³-hybridized carbons (Fsp3) is 0.348. The maximum Gasteiger partial charge on any atom is 0.251 e. The second kappa shape index (κ2) is 7.35. The lowest BCUT2D eigenvalue weighted by molar-refractivity contribution is -0.123. The Hall–Kier alpha value is -2.57. The Balaban J connectivity index is 1.37. The number of fused-ring (bicyclic) bond motifs is 1. The van der Waals surface area contributed by atoms with Crippen LogP contribution in [-0.2, 0) is 9.59 Å². The van der Waals surface area contributed by atoms with Gasteiger partial charge in [-0.3, -0.25) is 14.5 Å². The third-order valence-electron chi connectivity index (χ3n) is 6.03. The number of aryl methyl sites for hydroxylation is 1. The molecule has 0 saturated carbocycles. The number of anilines is 1. The smallest absolute Gasteiger partial charge is 0.251 e. The summed E-state index contributed by atoms with van der Waals surface area (Å²) in [7, 11) is 0. The number of carbonyl (C=O) groups excluding carboxylic acids is 2. The molecule has 2 amide bonds. The minimum absolute atomic E-state index is 0.0887. The molecule has 148 valence electrons. The van der Waals surface area contributed by atoms with E-state index >= 15 is 0 Å². The molecule has 2 saturated heterocycles. The van der Waals surface area contributed by atoms with Gasteiger partial charge in [0, 0.05) is 12.5 Å². The van der Waals surface area contributed by atoms with Crippen molar-refractivity contribution in [3.63, 3.8) is 0 Å². The van der Waals surface area contributed by atoms with Gasteiger partial charge in [-0.15, -0.1) is 11.3 Å². The summed E-state index contributed by atoms with van der Waals surface area (Å²) in [5.41, 5.74) is 2.70. The molecule has 2 aromatic carbocycles. The number of rotatable bonds is 3. The molecule has 0 radical (unpaired) electrons. The lowest BCUT2D eigenvalue weighted by Gasteiger charge is -2.34. The standard InChI is InChI=1S/C23H23N3O2S/c1-15-7-2-4-10-18(15)26-21(27)13-19(23(26)28)25-12-6-8-16(14-25)22-24-17-9-3-5-11-20(17)29-22/h2-5,7,9-11,16,19H,6,8,12-14H2,1H3/t16-,19-/m0/s1. The van der Waals surface area contributed by atoms with Crippen molar-refractivity contribution >= 4 is 39.1 Å². The van der Waals surface area contributed by atoms with Gasteiger partial charge in [0.2, 0.25) is 5.91 Å². The van der Waals surface area contributed by atoms with Crippen LogP contribution in [0.2, 0.25) is 0 Å². The lowest BCUT2D eigenvalue weighted by Crippen LogP contribution is -2.46. The van der Waals surface area contributed by atoms with Gasteiger partial charge >= 0.3 is 0 Å². The predicted molar refractivity (Wildman–Crippen MR) is 115 cm³/mol. The number of hydrogen-bond donors (Lipinski definition) is 0. The Morgan fingerprint density at radius 2 is 1.86 bits per heavy atom. The van der Waals surface area contributed by atoms with Crippen LogP contribution in [0.4, 0.5) is 5.69 Å². The summed E-state index contributed by atoms with van der Waals surface area (Å²) in [6.45, 7) is 3.57. The van der Waals surface area contributed by atoms with Gasteiger partial charge in [-0.1, -0.05) is 30.3 Å². The zero-order valence-corrected chi connectivity index (χ0v) is 17.2. The molecule has 5 nitrogen and oxygen atoms in total. The second-order valence-corrected chi connectivity index (χ2v) is 8.99. The molecule has 3 aromatic rings.